The van der Waals surface area contributed by atoms with Crippen molar-refractivity contribution in [2.45, 2.75) is 59.8 Å². The SMILES string of the molecule is C=CCCCC.CC.CC1=CC(=O)CC1. The Bertz CT molecular complexity index is 190. The maximum atomic E-state index is 10.4. The van der Waals surface area contributed by atoms with Crippen LogP contribution in [-0.4, -0.2) is 5.78 Å². The molecule has 1 heteroatoms. The van der Waals surface area contributed by atoms with Crippen LogP contribution in [0.1, 0.15) is 59.8 Å². The lowest BCUT2D eigenvalue weighted by atomic mass is 10.3. The molecule has 0 aromatic heterocycles. The predicted octanol–water partition coefficient (Wildman–Crippen LogP) is 4.68. The minimum atomic E-state index is 0.289. The van der Waals surface area contributed by atoms with E-state index in [9.17, 15) is 4.79 Å². The van der Waals surface area contributed by atoms with Gasteiger partial charge in [0, 0.05) is 6.42 Å². The van der Waals surface area contributed by atoms with Gasteiger partial charge in [0.1, 0.15) is 0 Å². The van der Waals surface area contributed by atoms with Crippen molar-refractivity contribution < 1.29 is 4.79 Å². The van der Waals surface area contributed by atoms with Crippen LogP contribution >= 0.6 is 0 Å². The van der Waals surface area contributed by atoms with E-state index in [2.05, 4.69) is 13.5 Å². The molecule has 88 valence electrons. The molecule has 0 bridgehead atoms. The Morgan fingerprint density at radius 3 is 2.13 bits per heavy atom. The zero-order chi connectivity index (χ0) is 12.1. The average molecular weight is 210 g/mol. The van der Waals surface area contributed by atoms with Crippen molar-refractivity contribution in [2.75, 3.05) is 0 Å². The highest BCUT2D eigenvalue weighted by atomic mass is 16.1. The topological polar surface area (TPSA) is 17.1 Å². The lowest BCUT2D eigenvalue weighted by molar-refractivity contribution is -0.114. The number of ketones is 1. The molecule has 1 aliphatic carbocycles. The number of hydrogen-bond acceptors (Lipinski definition) is 1. The van der Waals surface area contributed by atoms with Crippen LogP contribution in [0.5, 0.6) is 0 Å². The van der Waals surface area contributed by atoms with Crippen molar-refractivity contribution in [2.24, 2.45) is 0 Å². The molecule has 0 amide bonds. The zero-order valence-corrected chi connectivity index (χ0v) is 10.8. The first kappa shape index (κ1) is 16.6. The summed E-state index contributed by atoms with van der Waals surface area (Å²) in [6.07, 6.45) is 9.17. The van der Waals surface area contributed by atoms with Gasteiger partial charge in [0.15, 0.2) is 5.78 Å². The van der Waals surface area contributed by atoms with Gasteiger partial charge in [-0.15, -0.1) is 6.58 Å². The number of carbonyl (C=O) groups is 1. The van der Waals surface area contributed by atoms with Crippen LogP contribution in [0.25, 0.3) is 0 Å². The number of allylic oxidation sites excluding steroid dienone is 3. The molecule has 0 heterocycles. The van der Waals surface area contributed by atoms with Crippen LogP contribution in [0.4, 0.5) is 0 Å². The summed E-state index contributed by atoms with van der Waals surface area (Å²) in [6.45, 7) is 11.8. The Labute approximate surface area is 95.3 Å². The van der Waals surface area contributed by atoms with Crippen molar-refractivity contribution in [1.29, 1.82) is 0 Å². The fourth-order valence-electron chi connectivity index (χ4n) is 1.09. The van der Waals surface area contributed by atoms with Crippen LogP contribution in [0.3, 0.4) is 0 Å². The van der Waals surface area contributed by atoms with Gasteiger partial charge in [-0.2, -0.15) is 0 Å². The summed E-state index contributed by atoms with van der Waals surface area (Å²) in [7, 11) is 0. The molecular formula is C14H26O. The summed E-state index contributed by atoms with van der Waals surface area (Å²) in [4.78, 5) is 10.4. The van der Waals surface area contributed by atoms with Crippen LogP contribution in [0.2, 0.25) is 0 Å². The summed E-state index contributed by atoms with van der Waals surface area (Å²) < 4.78 is 0. The molecule has 0 aromatic carbocycles. The molecule has 0 saturated carbocycles. The molecule has 0 N–H and O–H groups in total. The summed E-state index contributed by atoms with van der Waals surface area (Å²) in [5.41, 5.74) is 1.23. The first-order valence-corrected chi connectivity index (χ1v) is 6.01. The van der Waals surface area contributed by atoms with E-state index >= 15 is 0 Å². The second-order valence-electron chi connectivity index (χ2n) is 3.39. The van der Waals surface area contributed by atoms with E-state index in [1.165, 1.54) is 24.8 Å². The van der Waals surface area contributed by atoms with Gasteiger partial charge in [-0.05, 0) is 25.8 Å². The van der Waals surface area contributed by atoms with Crippen LogP contribution in [0, 0.1) is 0 Å². The first-order valence-electron chi connectivity index (χ1n) is 6.01. The van der Waals surface area contributed by atoms with Crippen molar-refractivity contribution in [3.8, 4) is 0 Å². The maximum absolute atomic E-state index is 10.4. The molecule has 0 atom stereocenters. The molecule has 0 fully saturated rings. The zero-order valence-electron chi connectivity index (χ0n) is 10.8. The Hall–Kier alpha value is -0.850. The van der Waals surface area contributed by atoms with Gasteiger partial charge in [-0.1, -0.05) is 45.3 Å². The Balaban J connectivity index is 0. The van der Waals surface area contributed by atoms with E-state index in [0.29, 0.717) is 0 Å². The molecule has 0 spiro atoms. The molecular weight excluding hydrogens is 184 g/mol. The van der Waals surface area contributed by atoms with Crippen LogP contribution in [0.15, 0.2) is 24.3 Å². The molecule has 15 heavy (non-hydrogen) atoms. The minimum Gasteiger partial charge on any atom is -0.295 e. The quantitative estimate of drug-likeness (QED) is 0.488. The van der Waals surface area contributed by atoms with Crippen molar-refractivity contribution in [3.63, 3.8) is 0 Å². The highest BCUT2D eigenvalue weighted by molar-refractivity contribution is 5.92. The molecule has 0 unspecified atom stereocenters. The smallest absolute Gasteiger partial charge is 0.155 e. The predicted molar refractivity (Wildman–Crippen MR) is 69.1 cm³/mol. The van der Waals surface area contributed by atoms with Gasteiger partial charge in [0.05, 0.1) is 0 Å². The summed E-state index contributed by atoms with van der Waals surface area (Å²) in [5, 5.41) is 0. The number of hydrogen-bond donors (Lipinski definition) is 0. The van der Waals surface area contributed by atoms with Gasteiger partial charge in [-0.25, -0.2) is 0 Å². The second-order valence-corrected chi connectivity index (χ2v) is 3.39. The lowest BCUT2D eigenvalue weighted by Gasteiger charge is -1.81. The molecule has 0 aromatic rings. The van der Waals surface area contributed by atoms with Crippen molar-refractivity contribution >= 4 is 5.78 Å². The maximum Gasteiger partial charge on any atom is 0.155 e. The normalized spacial score (nSPS) is 13.1. The third-order valence-corrected chi connectivity index (χ3v) is 1.93. The molecule has 1 aliphatic rings. The van der Waals surface area contributed by atoms with Crippen LogP contribution in [-0.2, 0) is 4.79 Å². The highest BCUT2D eigenvalue weighted by Crippen LogP contribution is 2.12. The lowest BCUT2D eigenvalue weighted by Crippen LogP contribution is -1.80. The first-order chi connectivity index (χ1) is 7.20. The van der Waals surface area contributed by atoms with E-state index in [1.807, 2.05) is 26.8 Å². The molecule has 0 saturated heterocycles. The largest absolute Gasteiger partial charge is 0.295 e. The van der Waals surface area contributed by atoms with E-state index < -0.39 is 0 Å². The van der Waals surface area contributed by atoms with Gasteiger partial charge >= 0.3 is 0 Å². The van der Waals surface area contributed by atoms with Gasteiger partial charge in [0.25, 0.3) is 0 Å². The van der Waals surface area contributed by atoms with Crippen molar-refractivity contribution in [3.05, 3.63) is 24.3 Å². The fraction of sp³-hybridized carbons (Fsp3) is 0.643. The highest BCUT2D eigenvalue weighted by Gasteiger charge is 2.05. The van der Waals surface area contributed by atoms with Crippen LogP contribution < -0.4 is 0 Å². The van der Waals surface area contributed by atoms with E-state index in [0.717, 1.165) is 12.8 Å². The van der Waals surface area contributed by atoms with Gasteiger partial charge in [0.2, 0.25) is 0 Å². The minimum absolute atomic E-state index is 0.289. The van der Waals surface area contributed by atoms with E-state index in [4.69, 9.17) is 0 Å². The molecule has 1 nitrogen and oxygen atoms in total. The number of carbonyl (C=O) groups excluding carboxylic acids is 1. The van der Waals surface area contributed by atoms with Gasteiger partial charge < -0.3 is 0 Å². The third-order valence-electron chi connectivity index (χ3n) is 1.93. The van der Waals surface area contributed by atoms with E-state index in [1.54, 1.807) is 6.08 Å². The molecule has 0 radical (unpaired) electrons. The second kappa shape index (κ2) is 13.2. The summed E-state index contributed by atoms with van der Waals surface area (Å²) in [6, 6.07) is 0. The van der Waals surface area contributed by atoms with Crippen molar-refractivity contribution in [1.82, 2.24) is 0 Å². The number of unbranched alkanes of at least 4 members (excludes halogenated alkanes) is 2. The molecule has 1 rings (SSSR count). The summed E-state index contributed by atoms with van der Waals surface area (Å²) in [5.74, 6) is 0.289. The molecule has 0 aliphatic heterocycles. The summed E-state index contributed by atoms with van der Waals surface area (Å²) >= 11 is 0. The Morgan fingerprint density at radius 2 is 2.00 bits per heavy atom. The Kier molecular flexibility index (Phi) is 14.5. The average Bonchev–Trinajstić information content (AvgIpc) is 2.63. The number of rotatable bonds is 3. The van der Waals surface area contributed by atoms with Gasteiger partial charge in [-0.3, -0.25) is 4.79 Å². The standard InChI is InChI=1S/C6H8O.C6H12.C2H6/c1-5-2-3-6(7)4-5;1-3-5-6-4-2;1-2/h4H,2-3H2,1H3;3H,1,4-6H2,2H3;1-2H3. The monoisotopic (exact) mass is 210 g/mol. The van der Waals surface area contributed by atoms with E-state index in [-0.39, 0.29) is 5.78 Å². The fourth-order valence-corrected chi connectivity index (χ4v) is 1.09. The Morgan fingerprint density at radius 1 is 1.40 bits per heavy atom. The third kappa shape index (κ3) is 13.2.